The summed E-state index contributed by atoms with van der Waals surface area (Å²) in [6, 6.07) is -0.240. The molecule has 1 aliphatic carbocycles. The molecule has 0 aromatic rings. The van der Waals surface area contributed by atoms with E-state index in [2.05, 4.69) is 34.5 Å². The van der Waals surface area contributed by atoms with Gasteiger partial charge in [0.05, 0.1) is 18.1 Å². The molecule has 0 radical (unpaired) electrons. The molecule has 0 aromatic heterocycles. The zero-order valence-electron chi connectivity index (χ0n) is 17.4. The summed E-state index contributed by atoms with van der Waals surface area (Å²) in [5.74, 6) is 2.51. The Hall–Kier alpha value is -0.580. The summed E-state index contributed by atoms with van der Waals surface area (Å²) in [6.45, 7) is 6.55. The molecular formula is C19H37IN4O3S. The zero-order chi connectivity index (χ0) is 19.9. The van der Waals surface area contributed by atoms with E-state index in [0.29, 0.717) is 18.9 Å². The van der Waals surface area contributed by atoms with Crippen LogP contribution >= 0.6 is 24.0 Å². The number of amides is 1. The summed E-state index contributed by atoms with van der Waals surface area (Å²) in [6.07, 6.45) is 5.96. The number of hydrogen-bond donors (Lipinski definition) is 2. The Balaban J connectivity index is 0.00000392. The average Bonchev–Trinajstić information content (AvgIpc) is 2.94. The minimum atomic E-state index is -2.97. The van der Waals surface area contributed by atoms with Crippen LogP contribution in [0.4, 0.5) is 0 Å². The van der Waals surface area contributed by atoms with Crippen molar-refractivity contribution in [1.82, 2.24) is 15.5 Å². The summed E-state index contributed by atoms with van der Waals surface area (Å²) in [4.78, 5) is 18.8. The first-order valence-electron chi connectivity index (χ1n) is 10.3. The molecule has 1 aliphatic heterocycles. The smallest absolute Gasteiger partial charge is 0.222 e. The number of nitrogens with zero attached hydrogens (tertiary/aromatic N) is 2. The monoisotopic (exact) mass is 528 g/mol. The molecule has 164 valence electrons. The molecule has 7 nitrogen and oxygen atoms in total. The predicted molar refractivity (Wildman–Crippen MR) is 125 cm³/mol. The first-order valence-corrected chi connectivity index (χ1v) is 12.1. The summed E-state index contributed by atoms with van der Waals surface area (Å²) >= 11 is 0. The van der Waals surface area contributed by atoms with E-state index in [1.165, 1.54) is 25.7 Å². The quantitative estimate of drug-likeness (QED) is 0.300. The van der Waals surface area contributed by atoms with Crippen LogP contribution in [0.1, 0.15) is 52.4 Å². The number of rotatable bonds is 7. The van der Waals surface area contributed by atoms with E-state index in [4.69, 9.17) is 0 Å². The van der Waals surface area contributed by atoms with E-state index < -0.39 is 9.84 Å². The highest BCUT2D eigenvalue weighted by Crippen LogP contribution is 2.28. The summed E-state index contributed by atoms with van der Waals surface area (Å²) in [5.41, 5.74) is 0. The molecule has 0 aromatic carbocycles. The van der Waals surface area contributed by atoms with Gasteiger partial charge in [0, 0.05) is 32.6 Å². The highest BCUT2D eigenvalue weighted by molar-refractivity contribution is 14.0. The Bertz CT molecular complexity index is 619. The lowest BCUT2D eigenvalue weighted by Crippen LogP contribution is -2.42. The number of halogens is 1. The fraction of sp³-hybridized carbons (Fsp3) is 0.895. The van der Waals surface area contributed by atoms with Gasteiger partial charge in [0.15, 0.2) is 15.8 Å². The van der Waals surface area contributed by atoms with Gasteiger partial charge in [-0.1, -0.05) is 19.8 Å². The number of sulfone groups is 1. The van der Waals surface area contributed by atoms with Gasteiger partial charge in [-0.15, -0.1) is 24.0 Å². The van der Waals surface area contributed by atoms with Crippen molar-refractivity contribution in [2.24, 2.45) is 16.8 Å². The Morgan fingerprint density at radius 2 is 1.86 bits per heavy atom. The Morgan fingerprint density at radius 3 is 2.43 bits per heavy atom. The van der Waals surface area contributed by atoms with Crippen molar-refractivity contribution in [2.75, 3.05) is 38.2 Å². The van der Waals surface area contributed by atoms with Gasteiger partial charge in [-0.25, -0.2) is 8.42 Å². The molecule has 1 atom stereocenters. The standard InChI is InChI=1S/C19H36N4O3S.HI/c1-4-20-19(23(3)13-16-7-5-15(2)6-8-16)21-11-9-18(24)22-17-10-12-27(25,26)14-17;/h15-17H,4-14H2,1-3H3,(H,20,21)(H,22,24);1H. The van der Waals surface area contributed by atoms with Crippen molar-refractivity contribution in [2.45, 2.75) is 58.4 Å². The lowest BCUT2D eigenvalue weighted by Gasteiger charge is -2.31. The fourth-order valence-electron chi connectivity index (χ4n) is 3.93. The van der Waals surface area contributed by atoms with Crippen molar-refractivity contribution < 1.29 is 13.2 Å². The van der Waals surface area contributed by atoms with E-state index >= 15 is 0 Å². The summed E-state index contributed by atoms with van der Waals surface area (Å²) < 4.78 is 22.9. The highest BCUT2D eigenvalue weighted by Gasteiger charge is 2.28. The van der Waals surface area contributed by atoms with E-state index in [1.807, 2.05) is 6.92 Å². The van der Waals surface area contributed by atoms with Crippen LogP contribution in [-0.4, -0.2) is 69.4 Å². The highest BCUT2D eigenvalue weighted by atomic mass is 127. The minimum absolute atomic E-state index is 0. The number of guanidine groups is 1. The molecule has 1 saturated carbocycles. The fourth-order valence-corrected chi connectivity index (χ4v) is 5.60. The van der Waals surface area contributed by atoms with E-state index in [0.717, 1.165) is 25.0 Å². The minimum Gasteiger partial charge on any atom is -0.357 e. The lowest BCUT2D eigenvalue weighted by atomic mass is 9.83. The SMILES string of the molecule is CCNC(=NCCC(=O)NC1CCS(=O)(=O)C1)N(C)CC1CCC(C)CC1.I. The lowest BCUT2D eigenvalue weighted by molar-refractivity contribution is -0.121. The van der Waals surface area contributed by atoms with Gasteiger partial charge < -0.3 is 15.5 Å². The third-order valence-electron chi connectivity index (χ3n) is 5.56. The van der Waals surface area contributed by atoms with Gasteiger partial charge in [0.2, 0.25) is 5.91 Å². The van der Waals surface area contributed by atoms with Crippen LogP contribution < -0.4 is 10.6 Å². The maximum Gasteiger partial charge on any atom is 0.222 e. The molecule has 1 heterocycles. The van der Waals surface area contributed by atoms with Gasteiger partial charge in [-0.2, -0.15) is 0 Å². The zero-order valence-corrected chi connectivity index (χ0v) is 20.6. The second-order valence-electron chi connectivity index (χ2n) is 8.16. The number of aliphatic imine (C=N–C) groups is 1. The first kappa shape index (κ1) is 25.5. The molecule has 1 saturated heterocycles. The van der Waals surface area contributed by atoms with Gasteiger partial charge in [-0.3, -0.25) is 9.79 Å². The van der Waals surface area contributed by atoms with E-state index in [9.17, 15) is 13.2 Å². The van der Waals surface area contributed by atoms with Gasteiger partial charge >= 0.3 is 0 Å². The van der Waals surface area contributed by atoms with Crippen molar-refractivity contribution in [3.63, 3.8) is 0 Å². The molecular weight excluding hydrogens is 491 g/mol. The van der Waals surface area contributed by atoms with E-state index in [1.54, 1.807) is 0 Å². The predicted octanol–water partition coefficient (Wildman–Crippen LogP) is 2.02. The van der Waals surface area contributed by atoms with Crippen molar-refractivity contribution in [1.29, 1.82) is 0 Å². The molecule has 2 rings (SSSR count). The largest absolute Gasteiger partial charge is 0.357 e. The van der Waals surface area contributed by atoms with E-state index in [-0.39, 0.29) is 53.9 Å². The summed E-state index contributed by atoms with van der Waals surface area (Å²) in [7, 11) is -0.912. The molecule has 0 spiro atoms. The molecule has 28 heavy (non-hydrogen) atoms. The molecule has 1 amide bonds. The second kappa shape index (κ2) is 12.2. The second-order valence-corrected chi connectivity index (χ2v) is 10.4. The number of carbonyl (C=O) groups excluding carboxylic acids is 1. The van der Waals surface area contributed by atoms with Crippen molar-refractivity contribution in [3.05, 3.63) is 0 Å². The molecule has 1 unspecified atom stereocenters. The van der Waals surface area contributed by atoms with Gasteiger partial charge in [0.25, 0.3) is 0 Å². The van der Waals surface area contributed by atoms with Crippen LogP contribution in [-0.2, 0) is 14.6 Å². The normalized spacial score (nSPS) is 27.0. The van der Waals surface area contributed by atoms with Crippen molar-refractivity contribution >= 4 is 45.7 Å². The summed E-state index contributed by atoms with van der Waals surface area (Å²) in [5, 5.41) is 6.12. The molecule has 2 fully saturated rings. The maximum atomic E-state index is 12.1. The van der Waals surface area contributed by atoms with Crippen LogP contribution in [0.15, 0.2) is 4.99 Å². The average molecular weight is 529 g/mol. The molecule has 9 heteroatoms. The molecule has 0 bridgehead atoms. The number of carbonyl (C=O) groups is 1. The van der Waals surface area contributed by atoms with Crippen LogP contribution in [0, 0.1) is 11.8 Å². The maximum absolute atomic E-state index is 12.1. The topological polar surface area (TPSA) is 90.9 Å². The van der Waals surface area contributed by atoms with Gasteiger partial charge in [-0.05, 0) is 38.0 Å². The third kappa shape index (κ3) is 8.84. The Labute approximate surface area is 187 Å². The van der Waals surface area contributed by atoms with Crippen LogP contribution in [0.2, 0.25) is 0 Å². The van der Waals surface area contributed by atoms with Crippen LogP contribution in [0.3, 0.4) is 0 Å². The Morgan fingerprint density at radius 1 is 1.18 bits per heavy atom. The van der Waals surface area contributed by atoms with Crippen molar-refractivity contribution in [3.8, 4) is 0 Å². The Kier molecular flexibility index (Phi) is 11.1. The third-order valence-corrected chi connectivity index (χ3v) is 7.33. The van der Waals surface area contributed by atoms with Crippen LogP contribution in [0.25, 0.3) is 0 Å². The van der Waals surface area contributed by atoms with Crippen LogP contribution in [0.5, 0.6) is 0 Å². The first-order chi connectivity index (χ1) is 12.8. The molecule has 2 aliphatic rings. The molecule has 2 N–H and O–H groups in total. The number of hydrogen-bond acceptors (Lipinski definition) is 4. The number of nitrogens with one attached hydrogen (secondary N) is 2. The van der Waals surface area contributed by atoms with Gasteiger partial charge in [0.1, 0.15) is 0 Å².